The molecule has 3 aromatic heterocycles. The van der Waals surface area contributed by atoms with Gasteiger partial charge in [-0.15, -0.1) is 0 Å². The molecule has 0 aromatic carbocycles. The standard InChI is InChI=1S/C39H58N7O9P/c1-3-4-5-6-7-8-9-10-11-12-13-14-15-16-17-18-23-51-25-31(54-35-22-19-30(42-2)24-43-35)26-52-56(49,50)53-27-33-36(47)37(48)39(28-40,55-33)34-21-20-32-38(41)44-29-45-46(32)34/h19-22,24,29,31,33,36-37,47-48H,3-18,23,25-27H2,1H3,(H,49,50)(H2,41,44,45)/t31-,33-,36-,37-,39+/m1/s1. The van der Waals surface area contributed by atoms with Crippen molar-refractivity contribution in [1.29, 1.82) is 5.26 Å². The number of ether oxygens (including phenoxy) is 3. The number of phosphoric ester groups is 1. The Bertz CT molecular complexity index is 1730. The summed E-state index contributed by atoms with van der Waals surface area (Å²) in [5.41, 5.74) is 4.53. The second kappa shape index (κ2) is 23.5. The molecule has 0 saturated carbocycles. The number of unbranched alkanes of at least 4 members (excludes halogenated alkanes) is 15. The first-order valence-corrected chi connectivity index (χ1v) is 21.4. The number of anilines is 1. The first-order valence-electron chi connectivity index (χ1n) is 19.9. The summed E-state index contributed by atoms with van der Waals surface area (Å²) < 4.78 is 42.2. The number of nitriles is 1. The fourth-order valence-corrected chi connectivity index (χ4v) is 7.46. The van der Waals surface area contributed by atoms with E-state index >= 15 is 0 Å². The molecule has 5 N–H and O–H groups in total. The van der Waals surface area contributed by atoms with Gasteiger partial charge in [0.15, 0.2) is 5.82 Å². The molecule has 0 aliphatic carbocycles. The second-order valence-electron chi connectivity index (χ2n) is 14.2. The number of nitrogen functional groups attached to an aromatic ring is 1. The van der Waals surface area contributed by atoms with Crippen molar-refractivity contribution in [3.63, 3.8) is 0 Å². The first kappa shape index (κ1) is 45.0. The van der Waals surface area contributed by atoms with Crippen LogP contribution in [-0.2, 0) is 28.7 Å². The topological polar surface area (TPSA) is 221 Å². The lowest BCUT2D eigenvalue weighted by atomic mass is 9.92. The average Bonchev–Trinajstić information content (AvgIpc) is 3.75. The summed E-state index contributed by atoms with van der Waals surface area (Å²) in [5, 5.41) is 35.9. The molecule has 1 aliphatic heterocycles. The Kier molecular flexibility index (Phi) is 18.9. The van der Waals surface area contributed by atoms with E-state index in [-0.39, 0.29) is 24.0 Å². The molecule has 56 heavy (non-hydrogen) atoms. The van der Waals surface area contributed by atoms with Gasteiger partial charge in [0, 0.05) is 12.8 Å². The molecule has 1 unspecified atom stereocenters. The molecule has 4 rings (SSSR count). The molecule has 3 aromatic rings. The van der Waals surface area contributed by atoms with Gasteiger partial charge in [0.05, 0.1) is 32.1 Å². The predicted molar refractivity (Wildman–Crippen MR) is 209 cm³/mol. The van der Waals surface area contributed by atoms with Crippen molar-refractivity contribution in [2.45, 2.75) is 140 Å². The normalized spacial score (nSPS) is 21.1. The van der Waals surface area contributed by atoms with Gasteiger partial charge in [0.1, 0.15) is 42.3 Å². The Morgan fingerprint density at radius 3 is 2.20 bits per heavy atom. The van der Waals surface area contributed by atoms with E-state index in [0.717, 1.165) is 25.6 Å². The molecule has 0 amide bonds. The van der Waals surface area contributed by atoms with Crippen molar-refractivity contribution < 1.29 is 42.9 Å². The molecule has 308 valence electrons. The van der Waals surface area contributed by atoms with E-state index in [0.29, 0.717) is 17.8 Å². The van der Waals surface area contributed by atoms with Crippen LogP contribution in [0.3, 0.4) is 0 Å². The number of hydrogen-bond acceptors (Lipinski definition) is 13. The van der Waals surface area contributed by atoms with E-state index in [9.17, 15) is 24.9 Å². The number of aromatic nitrogens is 4. The third kappa shape index (κ3) is 13.5. The second-order valence-corrected chi connectivity index (χ2v) is 15.7. The van der Waals surface area contributed by atoms with Crippen molar-refractivity contribution in [2.75, 3.05) is 32.2 Å². The molecule has 17 heteroatoms. The molecule has 6 atom stereocenters. The van der Waals surface area contributed by atoms with Crippen LogP contribution >= 0.6 is 7.82 Å². The monoisotopic (exact) mass is 799 g/mol. The maximum Gasteiger partial charge on any atom is 0.472 e. The van der Waals surface area contributed by atoms with Gasteiger partial charge in [-0.25, -0.2) is 23.9 Å². The van der Waals surface area contributed by atoms with Crippen molar-refractivity contribution in [3.8, 4) is 11.9 Å². The van der Waals surface area contributed by atoms with Gasteiger partial charge in [0.2, 0.25) is 17.2 Å². The minimum atomic E-state index is -4.79. The summed E-state index contributed by atoms with van der Waals surface area (Å²) in [5.74, 6) is 0.287. The molecule has 1 fully saturated rings. The molecule has 0 bridgehead atoms. The van der Waals surface area contributed by atoms with Gasteiger partial charge in [-0.05, 0) is 30.7 Å². The number of aliphatic hydroxyl groups is 2. The van der Waals surface area contributed by atoms with E-state index < -0.39 is 51.1 Å². The summed E-state index contributed by atoms with van der Waals surface area (Å²) in [4.78, 5) is 21.9. The largest absolute Gasteiger partial charge is 0.472 e. The SMILES string of the molecule is [C-]#[N+]c1ccc(O[C@H](COCCCCCCCCCCCCCCCCCC)COP(=O)(O)OC[C@H]2O[C@@](C#N)(c3ccc4c(N)ncnn34)[C@H](O)[C@@H]2O)nc1. The first-order chi connectivity index (χ1) is 27.1. The fraction of sp³-hybridized carbons (Fsp3) is 0.667. The Morgan fingerprint density at radius 2 is 1.61 bits per heavy atom. The van der Waals surface area contributed by atoms with Crippen molar-refractivity contribution >= 4 is 24.8 Å². The minimum absolute atomic E-state index is 0.0195. The van der Waals surface area contributed by atoms with Gasteiger partial charge in [-0.1, -0.05) is 103 Å². The highest BCUT2D eigenvalue weighted by molar-refractivity contribution is 7.47. The number of fused-ring (bicyclic) bond motifs is 1. The summed E-state index contributed by atoms with van der Waals surface area (Å²) in [6, 6.07) is 7.93. The molecular formula is C39H58N7O9P. The number of hydrogen-bond donors (Lipinski definition) is 4. The van der Waals surface area contributed by atoms with Crippen LogP contribution in [0.5, 0.6) is 5.88 Å². The quantitative estimate of drug-likeness (QED) is 0.0332. The maximum absolute atomic E-state index is 13.0. The lowest BCUT2D eigenvalue weighted by Gasteiger charge is -2.24. The lowest BCUT2D eigenvalue weighted by molar-refractivity contribution is -0.0652. The van der Waals surface area contributed by atoms with Crippen LogP contribution in [0.1, 0.15) is 115 Å². The zero-order chi connectivity index (χ0) is 40.2. The van der Waals surface area contributed by atoms with Crippen LogP contribution in [0, 0.1) is 17.9 Å². The Morgan fingerprint density at radius 1 is 0.964 bits per heavy atom. The van der Waals surface area contributed by atoms with Crippen LogP contribution in [0.2, 0.25) is 0 Å². The highest BCUT2D eigenvalue weighted by atomic mass is 31.2. The highest BCUT2D eigenvalue weighted by Gasteiger charge is 2.58. The van der Waals surface area contributed by atoms with E-state index in [1.54, 1.807) is 0 Å². The van der Waals surface area contributed by atoms with Gasteiger partial charge in [-0.3, -0.25) is 9.05 Å². The Hall–Kier alpha value is -3.70. The van der Waals surface area contributed by atoms with Crippen molar-refractivity contribution in [3.05, 3.63) is 53.9 Å². The summed E-state index contributed by atoms with van der Waals surface area (Å²) in [6.07, 6.45) is 17.0. The number of nitrogens with two attached hydrogens (primary N) is 1. The number of rotatable bonds is 28. The van der Waals surface area contributed by atoms with Gasteiger partial charge < -0.3 is 35.1 Å². The third-order valence-corrected chi connectivity index (χ3v) is 10.8. The maximum atomic E-state index is 13.0. The smallest absolute Gasteiger partial charge is 0.469 e. The van der Waals surface area contributed by atoms with Gasteiger partial charge in [-0.2, -0.15) is 10.4 Å². The third-order valence-electron chi connectivity index (χ3n) is 9.90. The Balaban J connectivity index is 1.18. The van der Waals surface area contributed by atoms with Crippen LogP contribution in [0.4, 0.5) is 11.5 Å². The number of phosphoric acid groups is 1. The predicted octanol–water partition coefficient (Wildman–Crippen LogP) is 6.96. The molecule has 0 spiro atoms. The van der Waals surface area contributed by atoms with Gasteiger partial charge in [0.25, 0.3) is 0 Å². The lowest BCUT2D eigenvalue weighted by Crippen LogP contribution is -2.41. The van der Waals surface area contributed by atoms with Crippen molar-refractivity contribution in [2.24, 2.45) is 0 Å². The van der Waals surface area contributed by atoms with Crippen molar-refractivity contribution in [1.82, 2.24) is 19.6 Å². The zero-order valence-corrected chi connectivity index (χ0v) is 33.3. The van der Waals surface area contributed by atoms with E-state index in [2.05, 4.69) is 26.8 Å². The van der Waals surface area contributed by atoms with Crippen LogP contribution < -0.4 is 10.5 Å². The molecule has 0 radical (unpaired) electrons. The summed E-state index contributed by atoms with van der Waals surface area (Å²) in [7, 11) is -4.79. The minimum Gasteiger partial charge on any atom is -0.469 e. The highest BCUT2D eigenvalue weighted by Crippen LogP contribution is 2.46. The van der Waals surface area contributed by atoms with Gasteiger partial charge >= 0.3 is 7.82 Å². The summed E-state index contributed by atoms with van der Waals surface area (Å²) in [6.45, 7) is 8.73. The number of pyridine rings is 1. The molecule has 1 saturated heterocycles. The van der Waals surface area contributed by atoms with E-state index in [1.165, 1.54) is 118 Å². The van der Waals surface area contributed by atoms with Crippen LogP contribution in [0.25, 0.3) is 10.4 Å². The van der Waals surface area contributed by atoms with E-state index in [1.807, 2.05) is 6.07 Å². The Labute approximate surface area is 329 Å². The molecular weight excluding hydrogens is 741 g/mol. The molecule has 4 heterocycles. The van der Waals surface area contributed by atoms with Crippen LogP contribution in [-0.4, -0.2) is 85.5 Å². The van der Waals surface area contributed by atoms with Crippen LogP contribution in [0.15, 0.2) is 36.8 Å². The number of aliphatic hydroxyl groups excluding tert-OH is 2. The average molecular weight is 800 g/mol. The van der Waals surface area contributed by atoms with E-state index in [4.69, 9.17) is 35.6 Å². The zero-order valence-electron chi connectivity index (χ0n) is 32.4. The molecule has 16 nitrogen and oxygen atoms in total. The fourth-order valence-electron chi connectivity index (χ4n) is 6.69. The number of nitrogens with zero attached hydrogens (tertiary/aromatic N) is 6. The molecule has 1 aliphatic rings. The summed E-state index contributed by atoms with van der Waals surface area (Å²) >= 11 is 0.